The van der Waals surface area contributed by atoms with Crippen molar-refractivity contribution in [1.82, 2.24) is 15.2 Å². The van der Waals surface area contributed by atoms with Gasteiger partial charge in [0.2, 0.25) is 0 Å². The van der Waals surface area contributed by atoms with E-state index in [1.807, 2.05) is 0 Å². The normalized spacial score (nSPS) is 22.4. The molecule has 2 atom stereocenters. The third-order valence-corrected chi connectivity index (χ3v) is 4.58. The van der Waals surface area contributed by atoms with Crippen LogP contribution in [0.5, 0.6) is 0 Å². The van der Waals surface area contributed by atoms with Crippen molar-refractivity contribution < 1.29 is 0 Å². The summed E-state index contributed by atoms with van der Waals surface area (Å²) in [6, 6.07) is 0. The van der Waals surface area contributed by atoms with Crippen LogP contribution in [0, 0.1) is 17.8 Å². The first-order valence-corrected chi connectivity index (χ1v) is 8.25. The molecule has 0 aliphatic heterocycles. The zero-order valence-electron chi connectivity index (χ0n) is 12.6. The highest BCUT2D eigenvalue weighted by molar-refractivity contribution is 7.09. The van der Waals surface area contributed by atoms with Gasteiger partial charge in [-0.2, -0.15) is 0 Å². The lowest BCUT2D eigenvalue weighted by atomic mass is 10.2. The van der Waals surface area contributed by atoms with Gasteiger partial charge in [0.05, 0.1) is 5.69 Å². The van der Waals surface area contributed by atoms with Gasteiger partial charge in [-0.15, -0.1) is 11.3 Å². The first-order chi connectivity index (χ1) is 9.04. The number of aromatic nitrogens is 1. The number of thiazole rings is 1. The minimum absolute atomic E-state index is 0.700. The Morgan fingerprint density at radius 1 is 1.53 bits per heavy atom. The van der Waals surface area contributed by atoms with E-state index >= 15 is 0 Å². The van der Waals surface area contributed by atoms with Gasteiger partial charge in [-0.3, -0.25) is 0 Å². The van der Waals surface area contributed by atoms with E-state index in [1.54, 1.807) is 11.3 Å². The Balaban J connectivity index is 1.70. The van der Waals surface area contributed by atoms with E-state index in [0.717, 1.165) is 31.5 Å². The van der Waals surface area contributed by atoms with Crippen LogP contribution in [0.25, 0.3) is 0 Å². The molecule has 1 aromatic rings. The Hall–Kier alpha value is -0.450. The number of nitrogens with one attached hydrogen (secondary N) is 1. The van der Waals surface area contributed by atoms with E-state index in [-0.39, 0.29) is 0 Å². The Morgan fingerprint density at radius 3 is 2.89 bits per heavy atom. The molecule has 1 N–H and O–H groups in total. The fourth-order valence-corrected chi connectivity index (χ4v) is 3.12. The van der Waals surface area contributed by atoms with Gasteiger partial charge in [0, 0.05) is 25.0 Å². The summed E-state index contributed by atoms with van der Waals surface area (Å²) in [7, 11) is 2.21. The molecular weight excluding hydrogens is 254 g/mol. The standard InChI is InChI=1S/C15H27N3S/c1-11(2)6-16-7-15-17-14(10-19-15)9-18(4)8-13-5-12(13)3/h10-13,16H,5-9H2,1-4H3. The Kier molecular flexibility index (Phi) is 5.37. The van der Waals surface area contributed by atoms with Gasteiger partial charge in [0.15, 0.2) is 0 Å². The second-order valence-corrected chi connectivity index (χ2v) is 7.37. The van der Waals surface area contributed by atoms with Crippen LogP contribution in [0.4, 0.5) is 0 Å². The van der Waals surface area contributed by atoms with Crippen LogP contribution in [0.1, 0.15) is 37.9 Å². The van der Waals surface area contributed by atoms with Crippen molar-refractivity contribution in [2.45, 2.75) is 40.3 Å². The number of hydrogen-bond donors (Lipinski definition) is 1. The molecule has 19 heavy (non-hydrogen) atoms. The number of hydrogen-bond acceptors (Lipinski definition) is 4. The maximum Gasteiger partial charge on any atom is 0.107 e. The molecule has 2 unspecified atom stereocenters. The zero-order valence-corrected chi connectivity index (χ0v) is 13.5. The summed E-state index contributed by atoms with van der Waals surface area (Å²) in [6.45, 7) is 11.0. The van der Waals surface area contributed by atoms with Crippen molar-refractivity contribution in [3.05, 3.63) is 16.1 Å². The minimum Gasteiger partial charge on any atom is -0.310 e. The summed E-state index contributed by atoms with van der Waals surface area (Å²) >= 11 is 1.78. The third-order valence-electron chi connectivity index (χ3n) is 3.68. The van der Waals surface area contributed by atoms with Crippen molar-refractivity contribution >= 4 is 11.3 Å². The largest absolute Gasteiger partial charge is 0.310 e. The van der Waals surface area contributed by atoms with E-state index in [4.69, 9.17) is 4.98 Å². The number of nitrogens with zero attached hydrogens (tertiary/aromatic N) is 2. The second kappa shape index (κ2) is 6.82. The van der Waals surface area contributed by atoms with Crippen molar-refractivity contribution in [2.24, 2.45) is 17.8 Å². The molecule has 1 saturated carbocycles. The van der Waals surface area contributed by atoms with Gasteiger partial charge in [0.25, 0.3) is 0 Å². The highest BCUT2D eigenvalue weighted by Crippen LogP contribution is 2.38. The molecule has 0 saturated heterocycles. The molecule has 1 aromatic heterocycles. The quantitative estimate of drug-likeness (QED) is 0.794. The Morgan fingerprint density at radius 2 is 2.26 bits per heavy atom. The van der Waals surface area contributed by atoms with Gasteiger partial charge in [-0.25, -0.2) is 4.98 Å². The SMILES string of the molecule is CC(C)CNCc1nc(CN(C)CC2CC2C)cs1. The van der Waals surface area contributed by atoms with Crippen molar-refractivity contribution in [1.29, 1.82) is 0 Å². The van der Waals surface area contributed by atoms with Gasteiger partial charge in [-0.05, 0) is 37.8 Å². The summed E-state index contributed by atoms with van der Waals surface area (Å²) in [4.78, 5) is 7.12. The summed E-state index contributed by atoms with van der Waals surface area (Å²) in [5.41, 5.74) is 1.22. The van der Waals surface area contributed by atoms with Gasteiger partial charge in [-0.1, -0.05) is 20.8 Å². The first kappa shape index (κ1) is 14.9. The third kappa shape index (κ3) is 5.21. The number of rotatable bonds is 8. The predicted octanol–water partition coefficient (Wildman–Crippen LogP) is 2.98. The molecule has 108 valence electrons. The molecule has 1 aliphatic rings. The molecule has 0 aromatic carbocycles. The Labute approximate surface area is 121 Å². The monoisotopic (exact) mass is 281 g/mol. The van der Waals surface area contributed by atoms with Crippen molar-refractivity contribution in [2.75, 3.05) is 20.1 Å². The van der Waals surface area contributed by atoms with E-state index in [9.17, 15) is 0 Å². The molecule has 0 radical (unpaired) electrons. The minimum atomic E-state index is 0.700. The lowest BCUT2D eigenvalue weighted by Gasteiger charge is -2.14. The van der Waals surface area contributed by atoms with Crippen LogP contribution in [-0.4, -0.2) is 30.0 Å². The average Bonchev–Trinajstić information content (AvgIpc) is 2.83. The van der Waals surface area contributed by atoms with E-state index in [1.165, 1.54) is 23.7 Å². The molecule has 0 amide bonds. The molecule has 1 fully saturated rings. The fourth-order valence-electron chi connectivity index (χ4n) is 2.37. The highest BCUT2D eigenvalue weighted by atomic mass is 32.1. The maximum atomic E-state index is 4.71. The van der Waals surface area contributed by atoms with Gasteiger partial charge in [0.1, 0.15) is 5.01 Å². The van der Waals surface area contributed by atoms with E-state index < -0.39 is 0 Å². The van der Waals surface area contributed by atoms with Gasteiger partial charge < -0.3 is 10.2 Å². The average molecular weight is 281 g/mol. The molecule has 0 bridgehead atoms. The van der Waals surface area contributed by atoms with E-state index in [2.05, 4.69) is 43.4 Å². The summed E-state index contributed by atoms with van der Waals surface area (Å²) in [6.07, 6.45) is 1.41. The molecule has 2 rings (SSSR count). The lowest BCUT2D eigenvalue weighted by molar-refractivity contribution is 0.304. The van der Waals surface area contributed by atoms with Crippen LogP contribution < -0.4 is 5.32 Å². The first-order valence-electron chi connectivity index (χ1n) is 7.37. The van der Waals surface area contributed by atoms with Crippen LogP contribution in [0.2, 0.25) is 0 Å². The molecule has 0 spiro atoms. The second-order valence-electron chi connectivity index (χ2n) is 6.43. The Bertz CT molecular complexity index is 388. The summed E-state index contributed by atoms with van der Waals surface area (Å²) < 4.78 is 0. The predicted molar refractivity (Wildman–Crippen MR) is 82.3 cm³/mol. The van der Waals surface area contributed by atoms with E-state index in [0.29, 0.717) is 5.92 Å². The van der Waals surface area contributed by atoms with Crippen LogP contribution in [-0.2, 0) is 13.1 Å². The van der Waals surface area contributed by atoms with Crippen molar-refractivity contribution in [3.63, 3.8) is 0 Å². The van der Waals surface area contributed by atoms with Crippen LogP contribution in [0.15, 0.2) is 5.38 Å². The zero-order chi connectivity index (χ0) is 13.8. The fraction of sp³-hybridized carbons (Fsp3) is 0.800. The van der Waals surface area contributed by atoms with Crippen LogP contribution in [0.3, 0.4) is 0 Å². The van der Waals surface area contributed by atoms with Crippen molar-refractivity contribution in [3.8, 4) is 0 Å². The highest BCUT2D eigenvalue weighted by Gasteiger charge is 2.33. The smallest absolute Gasteiger partial charge is 0.107 e. The molecule has 3 nitrogen and oxygen atoms in total. The summed E-state index contributed by atoms with van der Waals surface area (Å²) in [5, 5.41) is 6.87. The molecular formula is C15H27N3S. The van der Waals surface area contributed by atoms with Crippen LogP contribution >= 0.6 is 11.3 Å². The molecule has 1 heterocycles. The topological polar surface area (TPSA) is 28.2 Å². The van der Waals surface area contributed by atoms with Gasteiger partial charge >= 0.3 is 0 Å². The lowest BCUT2D eigenvalue weighted by Crippen LogP contribution is -2.21. The summed E-state index contributed by atoms with van der Waals surface area (Å²) in [5.74, 6) is 2.57. The molecule has 4 heteroatoms. The maximum absolute atomic E-state index is 4.71. The molecule has 1 aliphatic carbocycles.